The number of hydrogen-bond acceptors (Lipinski definition) is 9. The molecule has 1 aromatic heterocycles. The van der Waals surface area contributed by atoms with Gasteiger partial charge in [0, 0.05) is 18.4 Å². The average Bonchev–Trinajstić information content (AvgIpc) is 2.99. The van der Waals surface area contributed by atoms with E-state index in [2.05, 4.69) is 14.9 Å². The molecule has 10 heteroatoms. The Hall–Kier alpha value is -2.01. The summed E-state index contributed by atoms with van der Waals surface area (Å²) in [5, 5.41) is 23.3. The minimum Gasteiger partial charge on any atom is -0.464 e. The smallest absolute Gasteiger partial charge is 0.356 e. The van der Waals surface area contributed by atoms with E-state index in [1.54, 1.807) is 0 Å². The van der Waals surface area contributed by atoms with Gasteiger partial charge in [0.1, 0.15) is 5.69 Å². The van der Waals surface area contributed by atoms with Crippen LogP contribution in [-0.4, -0.2) is 70.3 Å². The molecule has 1 aromatic rings. The van der Waals surface area contributed by atoms with E-state index >= 15 is 0 Å². The van der Waals surface area contributed by atoms with E-state index in [9.17, 15) is 14.4 Å². The number of esters is 1. The third-order valence-corrected chi connectivity index (χ3v) is 4.17. The zero-order chi connectivity index (χ0) is 17.7. The van der Waals surface area contributed by atoms with Gasteiger partial charge in [-0.2, -0.15) is 5.10 Å². The first-order chi connectivity index (χ1) is 11.5. The number of allylic oxidation sites excluding steroid dienone is 2. The number of aliphatic hydroxyl groups is 2. The topological polar surface area (TPSA) is 139 Å². The Morgan fingerprint density at radius 3 is 2.83 bits per heavy atom. The molecule has 24 heavy (non-hydrogen) atoms. The number of aromatic amines is 1. The van der Waals surface area contributed by atoms with Gasteiger partial charge in [-0.3, -0.25) is 14.7 Å². The minimum atomic E-state index is -1.52. The molecule has 0 unspecified atom stereocenters. The number of carbonyl (C=O) groups excluding carboxylic acids is 3. The number of H-pyrrole nitrogens is 1. The molecule has 130 valence electrons. The quantitative estimate of drug-likeness (QED) is 0.331. The maximum atomic E-state index is 12.5. The van der Waals surface area contributed by atoms with Gasteiger partial charge in [0.25, 0.3) is 0 Å². The molecular weight excluding hydrogens is 340 g/mol. The summed E-state index contributed by atoms with van der Waals surface area (Å²) in [6, 6.07) is 0. The SMILES string of the molecule is COC(=O)c1[nH]nc2c1C(=O)C(SCCCOCC(O)O)=CC2=O. The number of rotatable bonds is 8. The number of aliphatic hydroxyl groups excluding tert-OH is 1. The number of Topliss-reactive ketones (excluding diaryl/α,β-unsaturated/α-hetero) is 1. The third kappa shape index (κ3) is 4.09. The second-order valence-electron chi connectivity index (χ2n) is 4.77. The van der Waals surface area contributed by atoms with Crippen LogP contribution in [-0.2, 0) is 9.47 Å². The van der Waals surface area contributed by atoms with E-state index in [0.717, 1.165) is 11.8 Å². The molecule has 1 heterocycles. The Bertz CT molecular complexity index is 681. The molecule has 0 fully saturated rings. The Morgan fingerprint density at radius 2 is 2.17 bits per heavy atom. The molecular formula is C14H16N2O7S. The van der Waals surface area contributed by atoms with Crippen LogP contribution in [0.15, 0.2) is 11.0 Å². The molecule has 0 saturated carbocycles. The Morgan fingerprint density at radius 1 is 1.42 bits per heavy atom. The molecule has 0 amide bonds. The number of ether oxygens (including phenoxy) is 2. The third-order valence-electron chi connectivity index (χ3n) is 3.06. The van der Waals surface area contributed by atoms with E-state index in [0.29, 0.717) is 12.2 Å². The maximum absolute atomic E-state index is 12.5. The maximum Gasteiger partial charge on any atom is 0.356 e. The molecule has 2 rings (SSSR count). The van der Waals surface area contributed by atoms with Gasteiger partial charge in [-0.15, -0.1) is 11.8 Å². The standard InChI is InChI=1S/C14H16N2O7S/c1-22-14(21)12-10-11(15-16-12)7(17)5-8(13(10)20)24-4-2-3-23-6-9(18)19/h5,9,18-19H,2-4,6H2,1H3,(H,15,16). The highest BCUT2D eigenvalue weighted by atomic mass is 32.2. The first-order valence-electron chi connectivity index (χ1n) is 6.99. The van der Waals surface area contributed by atoms with Gasteiger partial charge in [0.15, 0.2) is 12.0 Å². The lowest BCUT2D eigenvalue weighted by Crippen LogP contribution is -2.18. The summed E-state index contributed by atoms with van der Waals surface area (Å²) >= 11 is 1.16. The van der Waals surface area contributed by atoms with Crippen molar-refractivity contribution in [1.29, 1.82) is 0 Å². The van der Waals surface area contributed by atoms with Gasteiger partial charge in [-0.25, -0.2) is 4.79 Å². The van der Waals surface area contributed by atoms with E-state index < -0.39 is 23.8 Å². The van der Waals surface area contributed by atoms with Gasteiger partial charge >= 0.3 is 5.97 Å². The summed E-state index contributed by atoms with van der Waals surface area (Å²) in [7, 11) is 1.17. The van der Waals surface area contributed by atoms with Gasteiger partial charge in [-0.05, 0) is 6.42 Å². The molecule has 1 aliphatic carbocycles. The molecule has 9 nitrogen and oxygen atoms in total. The average molecular weight is 356 g/mol. The summed E-state index contributed by atoms with van der Waals surface area (Å²) in [5.74, 6) is -1.21. The number of nitrogens with one attached hydrogen (secondary N) is 1. The van der Waals surface area contributed by atoms with Crippen molar-refractivity contribution in [2.45, 2.75) is 12.7 Å². The fourth-order valence-corrected chi connectivity index (χ4v) is 2.91. The number of fused-ring (bicyclic) bond motifs is 1. The molecule has 0 saturated heterocycles. The van der Waals surface area contributed by atoms with Crippen LogP contribution in [0.3, 0.4) is 0 Å². The molecule has 0 aliphatic heterocycles. The summed E-state index contributed by atoms with van der Waals surface area (Å²) in [5.41, 5.74) is -0.307. The Kier molecular flexibility index (Phi) is 6.26. The summed E-state index contributed by atoms with van der Waals surface area (Å²) < 4.78 is 9.55. The van der Waals surface area contributed by atoms with Crippen LogP contribution in [0.5, 0.6) is 0 Å². The van der Waals surface area contributed by atoms with Gasteiger partial charge < -0.3 is 19.7 Å². The molecule has 0 bridgehead atoms. The Labute approximate surface area is 141 Å². The van der Waals surface area contributed by atoms with Crippen LogP contribution >= 0.6 is 11.8 Å². The number of thioether (sulfide) groups is 1. The van der Waals surface area contributed by atoms with Crippen molar-refractivity contribution >= 4 is 29.3 Å². The van der Waals surface area contributed by atoms with E-state index in [-0.39, 0.29) is 35.1 Å². The van der Waals surface area contributed by atoms with Crippen LogP contribution in [0.4, 0.5) is 0 Å². The monoisotopic (exact) mass is 356 g/mol. The van der Waals surface area contributed by atoms with Crippen LogP contribution in [0.1, 0.15) is 37.8 Å². The van der Waals surface area contributed by atoms with Gasteiger partial charge in [-0.1, -0.05) is 0 Å². The lowest BCUT2D eigenvalue weighted by molar-refractivity contribution is -0.0943. The van der Waals surface area contributed by atoms with E-state index in [4.69, 9.17) is 14.9 Å². The lowest BCUT2D eigenvalue weighted by Gasteiger charge is -2.11. The first-order valence-corrected chi connectivity index (χ1v) is 7.98. The second-order valence-corrected chi connectivity index (χ2v) is 5.91. The summed E-state index contributed by atoms with van der Waals surface area (Å²) in [4.78, 5) is 36.3. The van der Waals surface area contributed by atoms with Gasteiger partial charge in [0.05, 0.1) is 24.2 Å². The molecule has 0 spiro atoms. The highest BCUT2D eigenvalue weighted by Crippen LogP contribution is 2.29. The predicted molar refractivity (Wildman–Crippen MR) is 82.8 cm³/mol. The van der Waals surface area contributed by atoms with Crippen molar-refractivity contribution in [3.8, 4) is 0 Å². The fourth-order valence-electron chi connectivity index (χ4n) is 2.01. The molecule has 0 atom stereocenters. The molecule has 0 radical (unpaired) electrons. The molecule has 0 aromatic carbocycles. The first kappa shape index (κ1) is 18.3. The highest BCUT2D eigenvalue weighted by Gasteiger charge is 2.34. The van der Waals surface area contributed by atoms with Crippen molar-refractivity contribution in [2.24, 2.45) is 0 Å². The Balaban J connectivity index is 1.99. The largest absolute Gasteiger partial charge is 0.464 e. The number of carbonyl (C=O) groups is 3. The predicted octanol–water partition coefficient (Wildman–Crippen LogP) is -0.0902. The number of aromatic nitrogens is 2. The summed E-state index contributed by atoms with van der Waals surface area (Å²) in [6.45, 7) is 0.0933. The highest BCUT2D eigenvalue weighted by molar-refractivity contribution is 8.04. The summed E-state index contributed by atoms with van der Waals surface area (Å²) in [6.07, 6.45) is 0.211. The number of ketones is 2. The lowest BCUT2D eigenvalue weighted by atomic mass is 9.99. The fraction of sp³-hybridized carbons (Fsp3) is 0.429. The number of methoxy groups -OCH3 is 1. The van der Waals surface area contributed by atoms with Crippen molar-refractivity contribution in [3.05, 3.63) is 27.9 Å². The van der Waals surface area contributed by atoms with Crippen LogP contribution in [0, 0.1) is 0 Å². The normalized spacial score (nSPS) is 13.9. The van der Waals surface area contributed by atoms with Crippen molar-refractivity contribution in [1.82, 2.24) is 10.2 Å². The molecule has 3 N–H and O–H groups in total. The van der Waals surface area contributed by atoms with Crippen LogP contribution < -0.4 is 0 Å². The number of nitrogens with zero attached hydrogens (tertiary/aromatic N) is 1. The van der Waals surface area contributed by atoms with E-state index in [1.165, 1.54) is 13.2 Å². The van der Waals surface area contributed by atoms with Crippen LogP contribution in [0.2, 0.25) is 0 Å². The zero-order valence-electron chi connectivity index (χ0n) is 12.8. The van der Waals surface area contributed by atoms with Crippen molar-refractivity contribution in [2.75, 3.05) is 26.1 Å². The zero-order valence-corrected chi connectivity index (χ0v) is 13.6. The molecule has 1 aliphatic rings. The van der Waals surface area contributed by atoms with E-state index in [1.807, 2.05) is 0 Å². The van der Waals surface area contributed by atoms with Gasteiger partial charge in [0.2, 0.25) is 11.6 Å². The van der Waals surface area contributed by atoms with Crippen molar-refractivity contribution in [3.63, 3.8) is 0 Å². The second kappa shape index (κ2) is 8.20. The number of hydrogen-bond donors (Lipinski definition) is 3. The van der Waals surface area contributed by atoms with Crippen molar-refractivity contribution < 1.29 is 34.1 Å². The van der Waals surface area contributed by atoms with Crippen LogP contribution in [0.25, 0.3) is 0 Å². The minimum absolute atomic E-state index is 0.0727.